The highest BCUT2D eigenvalue weighted by Crippen LogP contribution is 2.31. The van der Waals surface area contributed by atoms with Crippen molar-refractivity contribution < 1.29 is 4.74 Å². The molecule has 1 aliphatic rings. The molecule has 88 valence electrons. The van der Waals surface area contributed by atoms with E-state index in [0.717, 1.165) is 26.1 Å². The Balaban J connectivity index is 2.22. The van der Waals surface area contributed by atoms with Crippen LogP contribution in [0, 0.1) is 19.8 Å². The van der Waals surface area contributed by atoms with Gasteiger partial charge in [0, 0.05) is 19.3 Å². The molecule has 1 saturated heterocycles. The summed E-state index contributed by atoms with van der Waals surface area (Å²) in [5.74, 6) is 0.577. The van der Waals surface area contributed by atoms with Gasteiger partial charge in [0.15, 0.2) is 0 Å². The molecule has 0 saturated carbocycles. The Morgan fingerprint density at radius 3 is 2.31 bits per heavy atom. The maximum Gasteiger partial charge on any atom is 0.0469 e. The second-order valence-electron chi connectivity index (χ2n) is 4.78. The minimum atomic E-state index is 0.171. The van der Waals surface area contributed by atoms with Gasteiger partial charge in [0.1, 0.15) is 0 Å². The second kappa shape index (κ2) is 4.98. The lowest BCUT2D eigenvalue weighted by atomic mass is 9.84. The van der Waals surface area contributed by atoms with Crippen molar-refractivity contribution >= 4 is 0 Å². The summed E-state index contributed by atoms with van der Waals surface area (Å²) in [6, 6.07) is 6.58. The molecule has 2 nitrogen and oxygen atoms in total. The standard InChI is InChI=1S/C14H21NO/c1-10-4-3-5-11(2)13(10)14(15)12-6-8-16-9-7-12/h3-5,12,14H,6-9,15H2,1-2H3. The van der Waals surface area contributed by atoms with Crippen molar-refractivity contribution in [2.45, 2.75) is 32.7 Å². The van der Waals surface area contributed by atoms with Crippen LogP contribution in [0.3, 0.4) is 0 Å². The zero-order valence-electron chi connectivity index (χ0n) is 10.2. The molecule has 1 aliphatic heterocycles. The van der Waals surface area contributed by atoms with Crippen LogP contribution in [0.1, 0.15) is 35.6 Å². The molecule has 1 unspecified atom stereocenters. The Hall–Kier alpha value is -0.860. The van der Waals surface area contributed by atoms with E-state index in [1.165, 1.54) is 16.7 Å². The average molecular weight is 219 g/mol. The van der Waals surface area contributed by atoms with E-state index in [9.17, 15) is 0 Å². The van der Waals surface area contributed by atoms with E-state index < -0.39 is 0 Å². The molecule has 0 aliphatic carbocycles. The molecule has 0 spiro atoms. The van der Waals surface area contributed by atoms with Gasteiger partial charge in [0.05, 0.1) is 0 Å². The molecular formula is C14H21NO. The number of benzene rings is 1. The van der Waals surface area contributed by atoms with Crippen molar-refractivity contribution in [2.24, 2.45) is 11.7 Å². The molecule has 1 fully saturated rings. The molecule has 0 radical (unpaired) electrons. The van der Waals surface area contributed by atoms with Gasteiger partial charge in [-0.05, 0) is 49.3 Å². The van der Waals surface area contributed by atoms with E-state index in [1.807, 2.05) is 0 Å². The summed E-state index contributed by atoms with van der Waals surface area (Å²) in [6.07, 6.45) is 2.18. The molecule has 1 heterocycles. The van der Waals surface area contributed by atoms with E-state index in [1.54, 1.807) is 0 Å². The first-order valence-electron chi connectivity index (χ1n) is 6.09. The molecule has 16 heavy (non-hydrogen) atoms. The second-order valence-corrected chi connectivity index (χ2v) is 4.78. The van der Waals surface area contributed by atoms with Crippen molar-refractivity contribution in [1.82, 2.24) is 0 Å². The topological polar surface area (TPSA) is 35.2 Å². The number of hydrogen-bond donors (Lipinski definition) is 1. The van der Waals surface area contributed by atoms with E-state index in [2.05, 4.69) is 32.0 Å². The molecule has 2 rings (SSSR count). The third kappa shape index (κ3) is 2.28. The third-order valence-corrected chi connectivity index (χ3v) is 3.65. The molecule has 0 aromatic heterocycles. The van der Waals surface area contributed by atoms with Crippen molar-refractivity contribution in [2.75, 3.05) is 13.2 Å². The zero-order chi connectivity index (χ0) is 11.5. The van der Waals surface area contributed by atoms with E-state index in [-0.39, 0.29) is 6.04 Å². The highest BCUT2D eigenvalue weighted by molar-refractivity contribution is 5.36. The molecular weight excluding hydrogens is 198 g/mol. The van der Waals surface area contributed by atoms with E-state index >= 15 is 0 Å². The zero-order valence-corrected chi connectivity index (χ0v) is 10.2. The molecule has 2 heteroatoms. The van der Waals surface area contributed by atoms with Crippen LogP contribution >= 0.6 is 0 Å². The number of aryl methyl sites for hydroxylation is 2. The van der Waals surface area contributed by atoms with Crippen molar-refractivity contribution in [3.63, 3.8) is 0 Å². The van der Waals surface area contributed by atoms with Crippen molar-refractivity contribution in [3.05, 3.63) is 34.9 Å². The predicted octanol–water partition coefficient (Wildman–Crippen LogP) is 2.73. The van der Waals surface area contributed by atoms with Gasteiger partial charge in [-0.3, -0.25) is 0 Å². The highest BCUT2D eigenvalue weighted by Gasteiger charge is 2.24. The van der Waals surface area contributed by atoms with Crippen LogP contribution < -0.4 is 5.73 Å². The van der Waals surface area contributed by atoms with Crippen LogP contribution in [0.25, 0.3) is 0 Å². The first kappa shape index (κ1) is 11.6. The minimum absolute atomic E-state index is 0.171. The quantitative estimate of drug-likeness (QED) is 0.830. The molecule has 0 amide bonds. The van der Waals surface area contributed by atoms with Gasteiger partial charge in [0.25, 0.3) is 0 Å². The fourth-order valence-electron chi connectivity index (χ4n) is 2.66. The summed E-state index contributed by atoms with van der Waals surface area (Å²) < 4.78 is 5.39. The average Bonchev–Trinajstić information content (AvgIpc) is 2.30. The van der Waals surface area contributed by atoms with Crippen LogP contribution in [0.15, 0.2) is 18.2 Å². The van der Waals surface area contributed by atoms with Gasteiger partial charge < -0.3 is 10.5 Å². The highest BCUT2D eigenvalue weighted by atomic mass is 16.5. The summed E-state index contributed by atoms with van der Waals surface area (Å²) in [5, 5.41) is 0. The van der Waals surface area contributed by atoms with Gasteiger partial charge in [-0.1, -0.05) is 18.2 Å². The number of nitrogens with two attached hydrogens (primary N) is 1. The number of rotatable bonds is 2. The van der Waals surface area contributed by atoms with Crippen LogP contribution in [-0.4, -0.2) is 13.2 Å². The van der Waals surface area contributed by atoms with Crippen LogP contribution in [0.4, 0.5) is 0 Å². The molecule has 0 bridgehead atoms. The smallest absolute Gasteiger partial charge is 0.0469 e. The molecule has 1 aromatic rings. The minimum Gasteiger partial charge on any atom is -0.381 e. The Morgan fingerprint density at radius 1 is 1.19 bits per heavy atom. The first-order chi connectivity index (χ1) is 7.70. The fourth-order valence-corrected chi connectivity index (χ4v) is 2.66. The van der Waals surface area contributed by atoms with Gasteiger partial charge in [-0.15, -0.1) is 0 Å². The Bertz CT molecular complexity index is 336. The maximum absolute atomic E-state index is 6.42. The normalized spacial score (nSPS) is 19.7. The van der Waals surface area contributed by atoms with Crippen LogP contribution in [-0.2, 0) is 4.74 Å². The number of ether oxygens (including phenoxy) is 1. The third-order valence-electron chi connectivity index (χ3n) is 3.65. The van der Waals surface area contributed by atoms with Crippen LogP contribution in [0.5, 0.6) is 0 Å². The Kier molecular flexibility index (Phi) is 3.62. The maximum atomic E-state index is 6.42. The van der Waals surface area contributed by atoms with Gasteiger partial charge in [-0.25, -0.2) is 0 Å². The van der Waals surface area contributed by atoms with E-state index in [0.29, 0.717) is 5.92 Å². The van der Waals surface area contributed by atoms with Crippen LogP contribution in [0.2, 0.25) is 0 Å². The summed E-state index contributed by atoms with van der Waals surface area (Å²) >= 11 is 0. The van der Waals surface area contributed by atoms with Gasteiger partial charge in [-0.2, -0.15) is 0 Å². The first-order valence-corrected chi connectivity index (χ1v) is 6.09. The largest absolute Gasteiger partial charge is 0.381 e. The van der Waals surface area contributed by atoms with E-state index in [4.69, 9.17) is 10.5 Å². The molecule has 1 atom stereocenters. The lowest BCUT2D eigenvalue weighted by Crippen LogP contribution is -2.28. The summed E-state index contributed by atoms with van der Waals surface area (Å²) in [7, 11) is 0. The Labute approximate surface area is 97.8 Å². The molecule has 2 N–H and O–H groups in total. The lowest BCUT2D eigenvalue weighted by Gasteiger charge is -2.29. The SMILES string of the molecule is Cc1cccc(C)c1C(N)C1CCOCC1. The fraction of sp³-hybridized carbons (Fsp3) is 0.571. The predicted molar refractivity (Wildman–Crippen MR) is 66.4 cm³/mol. The molecule has 1 aromatic carbocycles. The summed E-state index contributed by atoms with van der Waals surface area (Å²) in [4.78, 5) is 0. The number of hydrogen-bond acceptors (Lipinski definition) is 2. The van der Waals surface area contributed by atoms with Crippen molar-refractivity contribution in [3.8, 4) is 0 Å². The summed E-state index contributed by atoms with van der Waals surface area (Å²) in [5.41, 5.74) is 10.4. The van der Waals surface area contributed by atoms with Gasteiger partial charge >= 0.3 is 0 Å². The summed E-state index contributed by atoms with van der Waals surface area (Å²) in [6.45, 7) is 6.04. The monoisotopic (exact) mass is 219 g/mol. The van der Waals surface area contributed by atoms with Crippen molar-refractivity contribution in [1.29, 1.82) is 0 Å². The van der Waals surface area contributed by atoms with Gasteiger partial charge in [0.2, 0.25) is 0 Å². The Morgan fingerprint density at radius 2 is 1.75 bits per heavy atom. The lowest BCUT2D eigenvalue weighted by molar-refractivity contribution is 0.0582.